The molecule has 5 nitrogen and oxygen atoms in total. The monoisotopic (exact) mass is 388 g/mol. The highest BCUT2D eigenvalue weighted by Crippen LogP contribution is 2.25. The highest BCUT2D eigenvalue weighted by atomic mass is 16.5. The second-order valence-electron chi connectivity index (χ2n) is 7.31. The largest absolute Gasteiger partial charge is 0.452 e. The van der Waals surface area contributed by atoms with E-state index in [1.807, 2.05) is 54.6 Å². The maximum Gasteiger partial charge on any atom is 0.339 e. The van der Waals surface area contributed by atoms with Crippen LogP contribution in [0.15, 0.2) is 60.7 Å². The van der Waals surface area contributed by atoms with Crippen molar-refractivity contribution in [1.82, 2.24) is 9.88 Å². The maximum atomic E-state index is 12.9. The number of pyridine rings is 1. The summed E-state index contributed by atoms with van der Waals surface area (Å²) in [5.41, 5.74) is 2.78. The van der Waals surface area contributed by atoms with Crippen molar-refractivity contribution in [3.63, 3.8) is 0 Å². The molecule has 0 unspecified atom stereocenters. The van der Waals surface area contributed by atoms with E-state index in [4.69, 9.17) is 4.74 Å². The number of hydrogen-bond acceptors (Lipinski definition) is 4. The fourth-order valence-corrected chi connectivity index (χ4v) is 3.72. The van der Waals surface area contributed by atoms with E-state index in [-0.39, 0.29) is 12.5 Å². The van der Waals surface area contributed by atoms with Crippen LogP contribution >= 0.6 is 0 Å². The summed E-state index contributed by atoms with van der Waals surface area (Å²) in [5, 5.41) is 0.722. The minimum Gasteiger partial charge on any atom is -0.452 e. The Morgan fingerprint density at radius 2 is 1.59 bits per heavy atom. The van der Waals surface area contributed by atoms with Gasteiger partial charge in [-0.1, -0.05) is 61.4 Å². The van der Waals surface area contributed by atoms with Crippen LogP contribution in [-0.2, 0) is 9.53 Å². The van der Waals surface area contributed by atoms with Crippen LogP contribution in [0.3, 0.4) is 0 Å². The summed E-state index contributed by atoms with van der Waals surface area (Å²) >= 11 is 0. The molecule has 148 valence electrons. The van der Waals surface area contributed by atoms with Crippen LogP contribution in [-0.4, -0.2) is 41.5 Å². The first-order chi connectivity index (χ1) is 14.2. The molecule has 0 bridgehead atoms. The number of carbonyl (C=O) groups excluding carboxylic acids is 2. The Bertz CT molecular complexity index is 1010. The number of aromatic nitrogens is 1. The first-order valence-corrected chi connectivity index (χ1v) is 10.1. The number of esters is 1. The van der Waals surface area contributed by atoms with Crippen LogP contribution < -0.4 is 0 Å². The summed E-state index contributed by atoms with van der Waals surface area (Å²) in [6.45, 7) is 1.26. The number of fused-ring (bicyclic) bond motifs is 1. The predicted octanol–water partition coefficient (Wildman–Crippen LogP) is 4.46. The Balaban J connectivity index is 1.57. The number of amides is 1. The standard InChI is InChI=1S/C24H24N2O3/c27-23(26-14-8-1-2-9-15-26)17-29-24(28)20-16-22(18-10-4-3-5-11-18)25-21-13-7-6-12-19(20)21/h3-7,10-13,16H,1-2,8-9,14-15,17H2. The number of carbonyl (C=O) groups is 2. The second kappa shape index (κ2) is 8.86. The van der Waals surface area contributed by atoms with Crippen LogP contribution in [0.4, 0.5) is 0 Å². The first kappa shape index (κ1) is 19.1. The van der Waals surface area contributed by atoms with Gasteiger partial charge in [-0.15, -0.1) is 0 Å². The molecule has 5 heteroatoms. The Labute approximate surface area is 170 Å². The lowest BCUT2D eigenvalue weighted by Gasteiger charge is -2.20. The van der Waals surface area contributed by atoms with Crippen molar-refractivity contribution in [1.29, 1.82) is 0 Å². The normalized spacial score (nSPS) is 14.4. The topological polar surface area (TPSA) is 59.5 Å². The molecule has 0 N–H and O–H groups in total. The zero-order chi connectivity index (χ0) is 20.1. The van der Waals surface area contributed by atoms with Gasteiger partial charge in [-0.05, 0) is 25.0 Å². The van der Waals surface area contributed by atoms with Gasteiger partial charge in [0.15, 0.2) is 6.61 Å². The summed E-state index contributed by atoms with van der Waals surface area (Å²) in [7, 11) is 0. The molecule has 0 spiro atoms. The zero-order valence-corrected chi connectivity index (χ0v) is 16.3. The van der Waals surface area contributed by atoms with Gasteiger partial charge in [-0.2, -0.15) is 0 Å². The molecule has 2 heterocycles. The minimum absolute atomic E-state index is 0.123. The van der Waals surface area contributed by atoms with Gasteiger partial charge in [0.25, 0.3) is 5.91 Å². The maximum absolute atomic E-state index is 12.9. The molecule has 1 aromatic heterocycles. The number of hydrogen-bond donors (Lipinski definition) is 0. The van der Waals surface area contributed by atoms with Crippen molar-refractivity contribution < 1.29 is 14.3 Å². The van der Waals surface area contributed by atoms with Crippen molar-refractivity contribution in [2.45, 2.75) is 25.7 Å². The van der Waals surface area contributed by atoms with E-state index < -0.39 is 5.97 Å². The zero-order valence-electron chi connectivity index (χ0n) is 16.3. The SMILES string of the molecule is O=C(OCC(=O)N1CCCCCC1)c1cc(-c2ccccc2)nc2ccccc12. The highest BCUT2D eigenvalue weighted by Gasteiger charge is 2.20. The molecular formula is C24H24N2O3. The fraction of sp³-hybridized carbons (Fsp3) is 0.292. The van der Waals surface area contributed by atoms with Crippen molar-refractivity contribution in [3.05, 3.63) is 66.2 Å². The number of para-hydroxylation sites is 1. The number of benzene rings is 2. The molecule has 0 saturated carbocycles. The summed E-state index contributed by atoms with van der Waals surface area (Å²) in [6.07, 6.45) is 4.31. The van der Waals surface area contributed by atoms with Gasteiger partial charge in [0.05, 0.1) is 16.8 Å². The molecule has 1 fully saturated rings. The lowest BCUT2D eigenvalue weighted by atomic mass is 10.0. The van der Waals surface area contributed by atoms with E-state index in [0.29, 0.717) is 11.3 Å². The average Bonchev–Trinajstić information content (AvgIpc) is 3.07. The summed E-state index contributed by atoms with van der Waals surface area (Å²) in [5.74, 6) is -0.620. The Hall–Kier alpha value is -3.21. The van der Waals surface area contributed by atoms with E-state index >= 15 is 0 Å². The molecular weight excluding hydrogens is 364 g/mol. The Morgan fingerprint density at radius 1 is 0.897 bits per heavy atom. The molecule has 1 amide bonds. The lowest BCUT2D eigenvalue weighted by molar-refractivity contribution is -0.134. The number of likely N-dealkylation sites (tertiary alicyclic amines) is 1. The van der Waals surface area contributed by atoms with Crippen LogP contribution in [0.5, 0.6) is 0 Å². The Kier molecular flexibility index (Phi) is 5.84. The second-order valence-corrected chi connectivity index (χ2v) is 7.31. The third-order valence-electron chi connectivity index (χ3n) is 5.29. The fourth-order valence-electron chi connectivity index (χ4n) is 3.72. The van der Waals surface area contributed by atoms with Gasteiger partial charge in [-0.25, -0.2) is 9.78 Å². The van der Waals surface area contributed by atoms with Gasteiger partial charge in [0.2, 0.25) is 0 Å². The van der Waals surface area contributed by atoms with Gasteiger partial charge in [-0.3, -0.25) is 4.79 Å². The van der Waals surface area contributed by atoms with E-state index in [1.165, 1.54) is 0 Å². The lowest BCUT2D eigenvalue weighted by Crippen LogP contribution is -2.35. The van der Waals surface area contributed by atoms with Crippen LogP contribution in [0.2, 0.25) is 0 Å². The smallest absolute Gasteiger partial charge is 0.339 e. The third kappa shape index (κ3) is 4.45. The van der Waals surface area contributed by atoms with Crippen LogP contribution in [0.1, 0.15) is 36.0 Å². The van der Waals surface area contributed by atoms with E-state index in [0.717, 1.165) is 55.2 Å². The molecule has 3 aromatic rings. The molecule has 4 rings (SSSR count). The minimum atomic E-state index is -0.496. The average molecular weight is 388 g/mol. The van der Waals surface area contributed by atoms with Crippen molar-refractivity contribution in [2.24, 2.45) is 0 Å². The van der Waals surface area contributed by atoms with E-state index in [1.54, 1.807) is 11.0 Å². The Morgan fingerprint density at radius 3 is 2.34 bits per heavy atom. The molecule has 0 radical (unpaired) electrons. The van der Waals surface area contributed by atoms with Crippen molar-refractivity contribution in [2.75, 3.05) is 19.7 Å². The quantitative estimate of drug-likeness (QED) is 0.619. The molecule has 2 aromatic carbocycles. The number of ether oxygens (including phenoxy) is 1. The molecule has 0 atom stereocenters. The number of rotatable bonds is 4. The van der Waals surface area contributed by atoms with E-state index in [2.05, 4.69) is 4.98 Å². The van der Waals surface area contributed by atoms with Crippen molar-refractivity contribution >= 4 is 22.8 Å². The highest BCUT2D eigenvalue weighted by molar-refractivity contribution is 6.05. The van der Waals surface area contributed by atoms with Gasteiger partial charge in [0, 0.05) is 24.0 Å². The third-order valence-corrected chi connectivity index (χ3v) is 5.29. The summed E-state index contributed by atoms with van der Waals surface area (Å²) in [6, 6.07) is 18.9. The predicted molar refractivity (Wildman–Crippen MR) is 113 cm³/mol. The molecule has 29 heavy (non-hydrogen) atoms. The molecule has 0 aliphatic carbocycles. The summed E-state index contributed by atoms with van der Waals surface area (Å²) < 4.78 is 5.42. The van der Waals surface area contributed by atoms with Gasteiger partial charge >= 0.3 is 5.97 Å². The van der Waals surface area contributed by atoms with Crippen molar-refractivity contribution in [3.8, 4) is 11.3 Å². The molecule has 1 aliphatic rings. The number of nitrogens with zero attached hydrogens (tertiary/aromatic N) is 2. The molecule has 1 aliphatic heterocycles. The van der Waals surface area contributed by atoms with E-state index in [9.17, 15) is 9.59 Å². The van der Waals surface area contributed by atoms with Gasteiger partial charge < -0.3 is 9.64 Å². The summed E-state index contributed by atoms with van der Waals surface area (Å²) in [4.78, 5) is 31.8. The van der Waals surface area contributed by atoms with Crippen LogP contribution in [0.25, 0.3) is 22.2 Å². The van der Waals surface area contributed by atoms with Gasteiger partial charge in [0.1, 0.15) is 0 Å². The first-order valence-electron chi connectivity index (χ1n) is 10.1. The van der Waals surface area contributed by atoms with Crippen LogP contribution in [0, 0.1) is 0 Å². The molecule has 1 saturated heterocycles.